The predicted molar refractivity (Wildman–Crippen MR) is 90.2 cm³/mol. The molecule has 2 N–H and O–H groups in total. The van der Waals surface area contributed by atoms with E-state index in [-0.39, 0.29) is 5.97 Å². The van der Waals surface area contributed by atoms with E-state index in [9.17, 15) is 9.90 Å². The highest BCUT2D eigenvalue weighted by Crippen LogP contribution is 2.19. The summed E-state index contributed by atoms with van der Waals surface area (Å²) in [6.45, 7) is 6.74. The van der Waals surface area contributed by atoms with E-state index >= 15 is 0 Å². The van der Waals surface area contributed by atoms with E-state index in [0.717, 1.165) is 37.9 Å². The van der Waals surface area contributed by atoms with Crippen molar-refractivity contribution in [3.63, 3.8) is 0 Å². The van der Waals surface area contributed by atoms with Gasteiger partial charge in [0.2, 0.25) is 0 Å². The lowest BCUT2D eigenvalue weighted by Gasteiger charge is -2.19. The molecule has 0 aliphatic heterocycles. The van der Waals surface area contributed by atoms with Crippen LogP contribution in [0.1, 0.15) is 56.8 Å². The first-order valence-corrected chi connectivity index (χ1v) is 7.97. The molecule has 0 amide bonds. The normalized spacial score (nSPS) is 12.8. The molecule has 0 fully saturated rings. The topological polar surface area (TPSA) is 58.6 Å². The van der Waals surface area contributed by atoms with Gasteiger partial charge in [-0.1, -0.05) is 31.9 Å². The van der Waals surface area contributed by atoms with Crippen molar-refractivity contribution in [2.45, 2.75) is 52.1 Å². The molecular weight excluding hydrogens is 278 g/mol. The van der Waals surface area contributed by atoms with Crippen LogP contribution in [-0.2, 0) is 4.74 Å². The second kappa shape index (κ2) is 8.79. The third-order valence-corrected chi connectivity index (χ3v) is 3.77. The molecule has 4 heteroatoms. The molecule has 1 rings (SSSR count). The van der Waals surface area contributed by atoms with Crippen LogP contribution in [0.2, 0.25) is 0 Å². The van der Waals surface area contributed by atoms with E-state index in [2.05, 4.69) is 12.2 Å². The Balaban J connectivity index is 2.37. The Morgan fingerprint density at radius 1 is 1.32 bits per heavy atom. The van der Waals surface area contributed by atoms with Crippen molar-refractivity contribution < 1.29 is 14.6 Å². The summed E-state index contributed by atoms with van der Waals surface area (Å²) in [5, 5.41) is 13.0. The maximum atomic E-state index is 11.7. The number of hydrogen-bond acceptors (Lipinski definition) is 4. The highest BCUT2D eigenvalue weighted by molar-refractivity contribution is 5.95. The Kier molecular flexibility index (Phi) is 7.39. The number of anilines is 1. The predicted octanol–water partition coefficient (Wildman–Crippen LogP) is 3.85. The minimum Gasteiger partial charge on any atom is -0.465 e. The molecule has 0 saturated carbocycles. The largest absolute Gasteiger partial charge is 0.465 e. The lowest BCUT2D eigenvalue weighted by molar-refractivity contribution is 0.0601. The molecule has 0 aliphatic rings. The number of para-hydroxylation sites is 1. The minimum atomic E-state index is -0.572. The summed E-state index contributed by atoms with van der Waals surface area (Å²) in [6, 6.07) is 7.39. The average Bonchev–Trinajstić information content (AvgIpc) is 2.45. The molecule has 22 heavy (non-hydrogen) atoms. The number of benzene rings is 1. The molecule has 124 valence electrons. The smallest absolute Gasteiger partial charge is 0.339 e. The third-order valence-electron chi connectivity index (χ3n) is 3.77. The molecular formula is C18H29NO3. The SMILES string of the molecule is COC(=O)c1ccccc1NCCC(C)CCCC(C)(C)O. The molecule has 0 radical (unpaired) electrons. The molecule has 0 spiro atoms. The van der Waals surface area contributed by atoms with Gasteiger partial charge in [-0.25, -0.2) is 4.79 Å². The van der Waals surface area contributed by atoms with E-state index < -0.39 is 5.60 Å². The number of nitrogens with one attached hydrogen (secondary N) is 1. The highest BCUT2D eigenvalue weighted by atomic mass is 16.5. The van der Waals surface area contributed by atoms with Crippen molar-refractivity contribution in [2.75, 3.05) is 19.0 Å². The molecule has 4 nitrogen and oxygen atoms in total. The van der Waals surface area contributed by atoms with Crippen LogP contribution in [0.4, 0.5) is 5.69 Å². The Morgan fingerprint density at radius 3 is 2.64 bits per heavy atom. The van der Waals surface area contributed by atoms with E-state index in [1.165, 1.54) is 7.11 Å². The summed E-state index contributed by atoms with van der Waals surface area (Å²) in [4.78, 5) is 11.7. The Bertz CT molecular complexity index is 466. The number of ether oxygens (including phenoxy) is 1. The van der Waals surface area contributed by atoms with Crippen LogP contribution in [0.3, 0.4) is 0 Å². The second-order valence-electron chi connectivity index (χ2n) is 6.56. The van der Waals surface area contributed by atoms with Crippen LogP contribution in [0.25, 0.3) is 0 Å². The number of aliphatic hydroxyl groups is 1. The van der Waals surface area contributed by atoms with Gasteiger partial charge in [0.1, 0.15) is 0 Å². The fourth-order valence-electron chi connectivity index (χ4n) is 2.41. The van der Waals surface area contributed by atoms with Crippen molar-refractivity contribution >= 4 is 11.7 Å². The minimum absolute atomic E-state index is 0.318. The summed E-state index contributed by atoms with van der Waals surface area (Å²) >= 11 is 0. The quantitative estimate of drug-likeness (QED) is 0.680. The number of esters is 1. The monoisotopic (exact) mass is 307 g/mol. The van der Waals surface area contributed by atoms with Gasteiger partial charge in [0.05, 0.1) is 18.3 Å². The number of carbonyl (C=O) groups is 1. The van der Waals surface area contributed by atoms with Crippen LogP contribution in [0, 0.1) is 5.92 Å². The lowest BCUT2D eigenvalue weighted by atomic mass is 9.95. The fourth-order valence-corrected chi connectivity index (χ4v) is 2.41. The maximum absolute atomic E-state index is 11.7. The lowest BCUT2D eigenvalue weighted by Crippen LogP contribution is -2.18. The Hall–Kier alpha value is -1.55. The first kappa shape index (κ1) is 18.5. The van der Waals surface area contributed by atoms with Crippen molar-refractivity contribution in [3.05, 3.63) is 29.8 Å². The number of carbonyl (C=O) groups excluding carboxylic acids is 1. The second-order valence-corrected chi connectivity index (χ2v) is 6.56. The van der Waals surface area contributed by atoms with Gasteiger partial charge >= 0.3 is 5.97 Å². The molecule has 0 aromatic heterocycles. The van der Waals surface area contributed by atoms with Gasteiger partial charge in [-0.3, -0.25) is 0 Å². The molecule has 1 aromatic rings. The van der Waals surface area contributed by atoms with Crippen LogP contribution in [0.15, 0.2) is 24.3 Å². The Morgan fingerprint density at radius 2 is 2.00 bits per heavy atom. The van der Waals surface area contributed by atoms with Gasteiger partial charge in [0.15, 0.2) is 0 Å². The van der Waals surface area contributed by atoms with Gasteiger partial charge < -0.3 is 15.2 Å². The van der Waals surface area contributed by atoms with Crippen molar-refractivity contribution in [1.29, 1.82) is 0 Å². The molecule has 1 atom stereocenters. The molecule has 0 heterocycles. The van der Waals surface area contributed by atoms with E-state index in [1.807, 2.05) is 32.0 Å². The zero-order valence-electron chi connectivity index (χ0n) is 14.2. The van der Waals surface area contributed by atoms with Crippen LogP contribution in [0.5, 0.6) is 0 Å². The molecule has 0 saturated heterocycles. The maximum Gasteiger partial charge on any atom is 0.339 e. The standard InChI is InChI=1S/C18H29NO3/c1-14(8-7-12-18(2,3)21)11-13-19-16-10-6-5-9-15(16)17(20)22-4/h5-6,9-10,14,19,21H,7-8,11-13H2,1-4H3. The fraction of sp³-hybridized carbons (Fsp3) is 0.611. The summed E-state index contributed by atoms with van der Waals surface area (Å²) in [5.74, 6) is 0.265. The third kappa shape index (κ3) is 6.94. The van der Waals surface area contributed by atoms with E-state index in [4.69, 9.17) is 4.74 Å². The van der Waals surface area contributed by atoms with Crippen LogP contribution < -0.4 is 5.32 Å². The van der Waals surface area contributed by atoms with Gasteiger partial charge in [-0.15, -0.1) is 0 Å². The number of methoxy groups -OCH3 is 1. The molecule has 1 unspecified atom stereocenters. The van der Waals surface area contributed by atoms with Crippen LogP contribution >= 0.6 is 0 Å². The highest BCUT2D eigenvalue weighted by Gasteiger charge is 2.13. The van der Waals surface area contributed by atoms with Crippen molar-refractivity contribution in [3.8, 4) is 0 Å². The van der Waals surface area contributed by atoms with E-state index in [0.29, 0.717) is 11.5 Å². The van der Waals surface area contributed by atoms with Gasteiger partial charge in [0, 0.05) is 12.2 Å². The van der Waals surface area contributed by atoms with Crippen molar-refractivity contribution in [2.24, 2.45) is 5.92 Å². The summed E-state index contributed by atoms with van der Waals surface area (Å²) in [5.41, 5.74) is 0.815. The Labute approximate surface area is 133 Å². The first-order valence-electron chi connectivity index (χ1n) is 7.97. The van der Waals surface area contributed by atoms with Gasteiger partial charge in [0.25, 0.3) is 0 Å². The summed E-state index contributed by atoms with van der Waals surface area (Å²) < 4.78 is 4.79. The zero-order chi connectivity index (χ0) is 16.6. The first-order chi connectivity index (χ1) is 10.3. The van der Waals surface area contributed by atoms with Gasteiger partial charge in [-0.05, 0) is 44.7 Å². The summed E-state index contributed by atoms with van der Waals surface area (Å²) in [6.07, 6.45) is 3.99. The van der Waals surface area contributed by atoms with Gasteiger partial charge in [-0.2, -0.15) is 0 Å². The summed E-state index contributed by atoms with van der Waals surface area (Å²) in [7, 11) is 1.39. The number of rotatable bonds is 9. The number of hydrogen-bond donors (Lipinski definition) is 2. The van der Waals surface area contributed by atoms with Crippen molar-refractivity contribution in [1.82, 2.24) is 0 Å². The van der Waals surface area contributed by atoms with Crippen LogP contribution in [-0.4, -0.2) is 30.3 Å². The zero-order valence-corrected chi connectivity index (χ0v) is 14.2. The average molecular weight is 307 g/mol. The molecule has 1 aromatic carbocycles. The molecule has 0 bridgehead atoms. The van der Waals surface area contributed by atoms with E-state index in [1.54, 1.807) is 6.07 Å². The molecule has 0 aliphatic carbocycles.